The summed E-state index contributed by atoms with van der Waals surface area (Å²) in [7, 11) is 0. The standard InChI is InChI=1S/C73H132O6/c1-4-7-10-13-16-19-22-25-27-29-30-31-32-33-34-35-36-37-38-39-40-41-42-44-45-48-51-54-57-60-63-66-72(75)78-69-70(68-77-71(74)65-62-59-56-53-50-47-24-21-18-15-12-9-6-3)79-73(76)67-64-61-58-55-52-49-46-43-28-26-23-20-17-14-11-8-5-2/h7,10,16,19,25,27,30-31,33-34,70H,4-6,8-9,11-15,17-18,20-24,26,28-29,32,35-69H2,1-3H3/b10-7-,19-16-,27-25-,31-30-,34-33-. The molecule has 0 spiro atoms. The van der Waals surface area contributed by atoms with Crippen LogP contribution in [0.2, 0.25) is 0 Å². The Morgan fingerprint density at radius 2 is 0.494 bits per heavy atom. The second-order valence-electron chi connectivity index (χ2n) is 23.4. The highest BCUT2D eigenvalue weighted by Crippen LogP contribution is 2.18. The Balaban J connectivity index is 4.17. The minimum absolute atomic E-state index is 0.0667. The maximum Gasteiger partial charge on any atom is 0.306 e. The smallest absolute Gasteiger partial charge is 0.306 e. The van der Waals surface area contributed by atoms with Gasteiger partial charge in [-0.3, -0.25) is 14.4 Å². The Labute approximate surface area is 491 Å². The van der Waals surface area contributed by atoms with Crippen molar-refractivity contribution < 1.29 is 28.6 Å². The predicted octanol–water partition coefficient (Wildman–Crippen LogP) is 23.9. The number of unbranched alkanes of at least 4 members (excludes halogenated alkanes) is 43. The molecule has 0 aliphatic carbocycles. The van der Waals surface area contributed by atoms with E-state index in [1.54, 1.807) is 0 Å². The SMILES string of the molecule is CC/C=C\C/C=C\C/C=C\C/C=C\C/C=C\CCCCCCCCCCCCCCCCCC(=O)OCC(COC(=O)CCCCCCCCCCCCCCC)OC(=O)CCCCCCCCCCCCCCCCCCC. The molecule has 0 N–H and O–H groups in total. The number of carbonyl (C=O) groups excluding carboxylic acids is 3. The zero-order chi connectivity index (χ0) is 57.1. The fourth-order valence-corrected chi connectivity index (χ4v) is 10.4. The molecule has 0 aliphatic heterocycles. The Morgan fingerprint density at radius 1 is 0.266 bits per heavy atom. The molecule has 0 fully saturated rings. The molecule has 0 saturated carbocycles. The molecule has 0 rings (SSSR count). The van der Waals surface area contributed by atoms with Crippen LogP contribution in [0.25, 0.3) is 0 Å². The minimum Gasteiger partial charge on any atom is -0.462 e. The maximum absolute atomic E-state index is 12.9. The number of carbonyl (C=O) groups is 3. The molecule has 1 unspecified atom stereocenters. The van der Waals surface area contributed by atoms with Gasteiger partial charge in [0.2, 0.25) is 0 Å². The van der Waals surface area contributed by atoms with Crippen LogP contribution in [0.3, 0.4) is 0 Å². The average Bonchev–Trinajstić information content (AvgIpc) is 3.45. The number of ether oxygens (including phenoxy) is 3. The van der Waals surface area contributed by atoms with Crippen LogP contribution in [0.15, 0.2) is 60.8 Å². The first-order valence-electron chi connectivity index (χ1n) is 34.8. The summed E-state index contributed by atoms with van der Waals surface area (Å²) in [6.07, 6.45) is 86.7. The van der Waals surface area contributed by atoms with Gasteiger partial charge in [0.05, 0.1) is 0 Å². The largest absolute Gasteiger partial charge is 0.462 e. The molecule has 0 aromatic heterocycles. The highest BCUT2D eigenvalue weighted by Gasteiger charge is 2.19. The van der Waals surface area contributed by atoms with E-state index < -0.39 is 6.10 Å². The molecule has 0 aromatic carbocycles. The van der Waals surface area contributed by atoms with Gasteiger partial charge in [0.15, 0.2) is 6.10 Å². The van der Waals surface area contributed by atoms with Crippen molar-refractivity contribution in [3.05, 3.63) is 60.8 Å². The molecular weight excluding hydrogens is 973 g/mol. The first-order chi connectivity index (χ1) is 39.0. The van der Waals surface area contributed by atoms with Crippen molar-refractivity contribution in [2.24, 2.45) is 0 Å². The number of hydrogen-bond acceptors (Lipinski definition) is 6. The van der Waals surface area contributed by atoms with E-state index in [-0.39, 0.29) is 31.1 Å². The van der Waals surface area contributed by atoms with E-state index in [1.165, 1.54) is 238 Å². The minimum atomic E-state index is -0.769. The molecule has 460 valence electrons. The van der Waals surface area contributed by atoms with Crippen LogP contribution in [-0.4, -0.2) is 37.2 Å². The summed E-state index contributed by atoms with van der Waals surface area (Å²) in [4.78, 5) is 38.4. The quantitative estimate of drug-likeness (QED) is 0.0261. The molecule has 0 bridgehead atoms. The Morgan fingerprint density at radius 3 is 0.772 bits per heavy atom. The van der Waals surface area contributed by atoms with Crippen molar-refractivity contribution in [3.8, 4) is 0 Å². The van der Waals surface area contributed by atoms with Crippen LogP contribution in [0, 0.1) is 0 Å². The summed E-state index contributed by atoms with van der Waals surface area (Å²) < 4.78 is 17.0. The van der Waals surface area contributed by atoms with Gasteiger partial charge < -0.3 is 14.2 Å². The molecule has 1 atom stereocenters. The summed E-state index contributed by atoms with van der Waals surface area (Å²) >= 11 is 0. The third-order valence-electron chi connectivity index (χ3n) is 15.5. The lowest BCUT2D eigenvalue weighted by molar-refractivity contribution is -0.167. The molecule has 0 aliphatic rings. The van der Waals surface area contributed by atoms with Crippen LogP contribution in [-0.2, 0) is 28.6 Å². The number of esters is 3. The van der Waals surface area contributed by atoms with Gasteiger partial charge >= 0.3 is 17.9 Å². The van der Waals surface area contributed by atoms with E-state index in [0.29, 0.717) is 19.3 Å². The summed E-state index contributed by atoms with van der Waals surface area (Å²) in [6.45, 7) is 6.59. The van der Waals surface area contributed by atoms with Crippen LogP contribution in [0.4, 0.5) is 0 Å². The van der Waals surface area contributed by atoms with E-state index >= 15 is 0 Å². The van der Waals surface area contributed by atoms with Crippen molar-refractivity contribution in [3.63, 3.8) is 0 Å². The van der Waals surface area contributed by atoms with Crippen molar-refractivity contribution in [2.45, 2.75) is 374 Å². The lowest BCUT2D eigenvalue weighted by Crippen LogP contribution is -2.30. The van der Waals surface area contributed by atoms with Gasteiger partial charge in [0, 0.05) is 19.3 Å². The van der Waals surface area contributed by atoms with Crippen LogP contribution in [0.1, 0.15) is 367 Å². The van der Waals surface area contributed by atoms with E-state index in [4.69, 9.17) is 14.2 Å². The molecule has 0 amide bonds. The third kappa shape index (κ3) is 65.8. The van der Waals surface area contributed by atoms with Crippen molar-refractivity contribution in [1.29, 1.82) is 0 Å². The fourth-order valence-electron chi connectivity index (χ4n) is 10.4. The lowest BCUT2D eigenvalue weighted by atomic mass is 10.0. The van der Waals surface area contributed by atoms with E-state index in [0.717, 1.165) is 89.9 Å². The second-order valence-corrected chi connectivity index (χ2v) is 23.4. The number of hydrogen-bond donors (Lipinski definition) is 0. The molecule has 0 heterocycles. The third-order valence-corrected chi connectivity index (χ3v) is 15.5. The van der Waals surface area contributed by atoms with E-state index in [1.807, 2.05) is 0 Å². The summed E-state index contributed by atoms with van der Waals surface area (Å²) in [5, 5.41) is 0. The molecule has 0 radical (unpaired) electrons. The monoisotopic (exact) mass is 1110 g/mol. The van der Waals surface area contributed by atoms with Gasteiger partial charge in [-0.1, -0.05) is 345 Å². The number of rotatable bonds is 64. The molecule has 6 heteroatoms. The van der Waals surface area contributed by atoms with Crippen molar-refractivity contribution in [1.82, 2.24) is 0 Å². The van der Waals surface area contributed by atoms with Crippen molar-refractivity contribution in [2.75, 3.05) is 13.2 Å². The maximum atomic E-state index is 12.9. The fraction of sp³-hybridized carbons (Fsp3) is 0.822. The number of allylic oxidation sites excluding steroid dienone is 10. The summed E-state index contributed by atoms with van der Waals surface area (Å²) in [5.74, 6) is -0.840. The van der Waals surface area contributed by atoms with Gasteiger partial charge in [0.1, 0.15) is 13.2 Å². The topological polar surface area (TPSA) is 78.9 Å². The first kappa shape index (κ1) is 76.1. The van der Waals surface area contributed by atoms with Crippen LogP contribution in [0.5, 0.6) is 0 Å². The molecule has 0 aromatic rings. The zero-order valence-corrected chi connectivity index (χ0v) is 52.9. The highest BCUT2D eigenvalue weighted by atomic mass is 16.6. The first-order valence-corrected chi connectivity index (χ1v) is 34.8. The van der Waals surface area contributed by atoms with Gasteiger partial charge in [-0.05, 0) is 64.2 Å². The highest BCUT2D eigenvalue weighted by molar-refractivity contribution is 5.71. The van der Waals surface area contributed by atoms with Crippen LogP contribution < -0.4 is 0 Å². The summed E-state index contributed by atoms with van der Waals surface area (Å²) in [6, 6.07) is 0. The Bertz CT molecular complexity index is 1410. The Kier molecular flexibility index (Phi) is 65.1. The molecular formula is C73H132O6. The zero-order valence-electron chi connectivity index (χ0n) is 52.9. The Hall–Kier alpha value is -2.89. The molecule has 6 nitrogen and oxygen atoms in total. The molecule has 79 heavy (non-hydrogen) atoms. The van der Waals surface area contributed by atoms with Gasteiger partial charge in [-0.15, -0.1) is 0 Å². The van der Waals surface area contributed by atoms with Gasteiger partial charge in [-0.25, -0.2) is 0 Å². The lowest BCUT2D eigenvalue weighted by Gasteiger charge is -2.18. The second kappa shape index (κ2) is 67.6. The van der Waals surface area contributed by atoms with Gasteiger partial charge in [-0.2, -0.15) is 0 Å². The van der Waals surface area contributed by atoms with Crippen LogP contribution >= 0.6 is 0 Å². The normalized spacial score (nSPS) is 12.4. The van der Waals surface area contributed by atoms with E-state index in [9.17, 15) is 14.4 Å². The van der Waals surface area contributed by atoms with E-state index in [2.05, 4.69) is 81.5 Å². The van der Waals surface area contributed by atoms with Gasteiger partial charge in [0.25, 0.3) is 0 Å². The van der Waals surface area contributed by atoms with Crippen molar-refractivity contribution >= 4 is 17.9 Å². The predicted molar refractivity (Wildman–Crippen MR) is 344 cm³/mol. The summed E-state index contributed by atoms with van der Waals surface area (Å²) in [5.41, 5.74) is 0. The molecule has 0 saturated heterocycles. The average molecular weight is 1110 g/mol.